The van der Waals surface area contributed by atoms with Crippen LogP contribution in [0, 0.1) is 41.7 Å². The molecule has 0 saturated carbocycles. The van der Waals surface area contributed by atoms with Crippen LogP contribution < -0.4 is 10.2 Å². The Bertz CT molecular complexity index is 1080. The summed E-state index contributed by atoms with van der Waals surface area (Å²) in [6.45, 7) is 0. The zero-order chi connectivity index (χ0) is 20.6. The van der Waals surface area contributed by atoms with Gasteiger partial charge in [-0.1, -0.05) is 12.1 Å². The van der Waals surface area contributed by atoms with Crippen LogP contribution in [-0.4, -0.2) is 21.8 Å². The first-order valence-corrected chi connectivity index (χ1v) is 7.62. The molecule has 0 saturated heterocycles. The third-order valence-electron chi connectivity index (χ3n) is 4.14. The van der Waals surface area contributed by atoms with Crippen molar-refractivity contribution in [3.05, 3.63) is 78.1 Å². The van der Waals surface area contributed by atoms with Crippen molar-refractivity contribution in [1.29, 1.82) is 5.26 Å². The first kappa shape index (κ1) is 18.3. The van der Waals surface area contributed by atoms with Crippen LogP contribution >= 0.6 is 0 Å². The highest BCUT2D eigenvalue weighted by Gasteiger charge is 2.36. The van der Waals surface area contributed by atoms with Crippen molar-refractivity contribution in [3.63, 3.8) is 0 Å². The highest BCUT2D eigenvalue weighted by molar-refractivity contribution is 5.96. The van der Waals surface area contributed by atoms with Gasteiger partial charge in [0.1, 0.15) is 17.5 Å². The Balaban J connectivity index is 2.36. The first-order valence-electron chi connectivity index (χ1n) is 7.62. The quantitative estimate of drug-likeness (QED) is 0.474. The molecule has 2 aromatic carbocycles. The molecule has 1 heterocycles. The van der Waals surface area contributed by atoms with E-state index in [4.69, 9.17) is 0 Å². The number of fused-ring (bicyclic) bond motifs is 1. The van der Waals surface area contributed by atoms with Crippen LogP contribution in [0.25, 0.3) is 5.57 Å². The monoisotopic (exact) mass is 382 g/mol. The second-order valence-electron chi connectivity index (χ2n) is 5.67. The molecule has 0 aromatic heterocycles. The van der Waals surface area contributed by atoms with Crippen molar-refractivity contribution in [2.75, 3.05) is 17.3 Å². The fraction of sp³-hybridized carbons (Fsp3) is 0.0625. The van der Waals surface area contributed by atoms with Gasteiger partial charge in [-0.25, -0.2) is 0 Å². The fourth-order valence-electron chi connectivity index (χ4n) is 2.91. The number of nitriles is 1. The third kappa shape index (κ3) is 2.82. The summed E-state index contributed by atoms with van der Waals surface area (Å²) in [5, 5.41) is 46.6. The Morgan fingerprint density at radius 1 is 1.04 bits per heavy atom. The number of non-ortho nitro benzene ring substituents is 1. The Kier molecular flexibility index (Phi) is 4.34. The van der Waals surface area contributed by atoms with E-state index in [2.05, 4.69) is 5.32 Å². The van der Waals surface area contributed by atoms with E-state index >= 15 is 0 Å². The topological polar surface area (TPSA) is 168 Å². The fourth-order valence-corrected chi connectivity index (χ4v) is 2.91. The molecule has 2 aromatic rings. The lowest BCUT2D eigenvalue weighted by atomic mass is 10.0. The molecule has 0 spiro atoms. The van der Waals surface area contributed by atoms with Crippen molar-refractivity contribution in [3.8, 4) is 6.07 Å². The number of benzene rings is 2. The van der Waals surface area contributed by atoms with Crippen LogP contribution in [0.4, 0.5) is 28.4 Å². The van der Waals surface area contributed by atoms with Gasteiger partial charge in [-0.05, 0) is 12.1 Å². The van der Waals surface area contributed by atoms with Crippen LogP contribution in [-0.2, 0) is 0 Å². The number of nitro groups is 3. The molecule has 0 aliphatic carbocycles. The molecule has 12 heteroatoms. The van der Waals surface area contributed by atoms with E-state index in [0.717, 1.165) is 0 Å². The largest absolute Gasteiger partial charge is 0.339 e. The minimum atomic E-state index is -0.991. The molecule has 0 fully saturated rings. The molecule has 0 bridgehead atoms. The van der Waals surface area contributed by atoms with E-state index in [-0.39, 0.29) is 11.4 Å². The van der Waals surface area contributed by atoms with Crippen molar-refractivity contribution in [2.45, 2.75) is 0 Å². The number of para-hydroxylation sites is 2. The summed E-state index contributed by atoms with van der Waals surface area (Å²) in [7, 11) is 1.58. The summed E-state index contributed by atoms with van der Waals surface area (Å²) in [5.41, 5.74) is -2.37. The molecule has 12 nitrogen and oxygen atoms in total. The molecule has 1 aliphatic rings. The summed E-state index contributed by atoms with van der Waals surface area (Å²) < 4.78 is 0. The predicted molar refractivity (Wildman–Crippen MR) is 97.4 cm³/mol. The van der Waals surface area contributed by atoms with Gasteiger partial charge in [0.25, 0.3) is 17.1 Å². The molecular weight excluding hydrogens is 372 g/mol. The molecule has 0 unspecified atom stereocenters. The van der Waals surface area contributed by atoms with Crippen LogP contribution in [0.5, 0.6) is 0 Å². The Morgan fingerprint density at radius 2 is 1.61 bits per heavy atom. The van der Waals surface area contributed by atoms with E-state index in [0.29, 0.717) is 23.5 Å². The molecule has 140 valence electrons. The van der Waals surface area contributed by atoms with Gasteiger partial charge in [0.05, 0.1) is 38.3 Å². The maximum absolute atomic E-state index is 11.5. The van der Waals surface area contributed by atoms with Crippen molar-refractivity contribution in [2.24, 2.45) is 0 Å². The number of nitrogens with one attached hydrogen (secondary N) is 1. The summed E-state index contributed by atoms with van der Waals surface area (Å²) >= 11 is 0. The maximum atomic E-state index is 11.5. The molecule has 3 rings (SSSR count). The van der Waals surface area contributed by atoms with E-state index in [1.54, 1.807) is 37.4 Å². The SMILES string of the molecule is CN1/C(=C(/C#N)c2c([N+](=O)[O-])cc([N+](=O)[O-])cc2[N+](=O)[O-])Nc2ccccc21. The van der Waals surface area contributed by atoms with Crippen LogP contribution in [0.1, 0.15) is 5.56 Å². The minimum Gasteiger partial charge on any atom is -0.339 e. The van der Waals surface area contributed by atoms with Gasteiger partial charge >= 0.3 is 0 Å². The zero-order valence-electron chi connectivity index (χ0n) is 14.1. The maximum Gasteiger partial charge on any atom is 0.291 e. The van der Waals surface area contributed by atoms with Gasteiger partial charge in [0.15, 0.2) is 5.56 Å². The predicted octanol–water partition coefficient (Wildman–Crippen LogP) is 3.17. The molecular formula is C16H10N6O6. The van der Waals surface area contributed by atoms with Gasteiger partial charge in [-0.3, -0.25) is 30.3 Å². The molecule has 0 atom stereocenters. The number of nitro benzene ring substituents is 3. The van der Waals surface area contributed by atoms with E-state index < -0.39 is 37.4 Å². The number of anilines is 2. The standard InChI is InChI=1S/C16H10N6O6/c1-19-12-5-3-2-4-11(12)18-16(19)10(8-17)15-13(21(25)26)6-9(20(23)24)7-14(15)22(27)28/h2-7,18H,1H3/b16-10-. The average Bonchev–Trinajstić information content (AvgIpc) is 2.98. The highest BCUT2D eigenvalue weighted by atomic mass is 16.6. The lowest BCUT2D eigenvalue weighted by Crippen LogP contribution is -2.17. The second kappa shape index (κ2) is 6.65. The summed E-state index contributed by atoms with van der Waals surface area (Å²) in [5.74, 6) is 0.0868. The van der Waals surface area contributed by atoms with Gasteiger partial charge in [0, 0.05) is 7.05 Å². The van der Waals surface area contributed by atoms with Crippen LogP contribution in [0.15, 0.2) is 42.2 Å². The normalized spacial score (nSPS) is 13.9. The van der Waals surface area contributed by atoms with Crippen LogP contribution in [0.3, 0.4) is 0 Å². The van der Waals surface area contributed by atoms with E-state index in [9.17, 15) is 35.6 Å². The Labute approximate surface area is 156 Å². The molecule has 1 N–H and O–H groups in total. The van der Waals surface area contributed by atoms with E-state index in [1.165, 1.54) is 4.90 Å². The van der Waals surface area contributed by atoms with Crippen molar-refractivity contribution < 1.29 is 14.8 Å². The minimum absolute atomic E-state index is 0.0868. The average molecular weight is 382 g/mol. The number of rotatable bonds is 4. The number of nitrogens with zero attached hydrogens (tertiary/aromatic N) is 5. The van der Waals surface area contributed by atoms with Crippen LogP contribution in [0.2, 0.25) is 0 Å². The zero-order valence-corrected chi connectivity index (χ0v) is 14.1. The third-order valence-corrected chi connectivity index (χ3v) is 4.14. The van der Waals surface area contributed by atoms with E-state index in [1.807, 2.05) is 0 Å². The summed E-state index contributed by atoms with van der Waals surface area (Å²) in [6, 6.07) is 9.85. The lowest BCUT2D eigenvalue weighted by molar-refractivity contribution is -0.403. The summed E-state index contributed by atoms with van der Waals surface area (Å²) in [4.78, 5) is 32.6. The molecule has 0 amide bonds. The lowest BCUT2D eigenvalue weighted by Gasteiger charge is -2.15. The second-order valence-corrected chi connectivity index (χ2v) is 5.67. The highest BCUT2D eigenvalue weighted by Crippen LogP contribution is 2.43. The van der Waals surface area contributed by atoms with Gasteiger partial charge in [0.2, 0.25) is 0 Å². The number of hydrogen-bond donors (Lipinski definition) is 1. The Morgan fingerprint density at radius 3 is 2.07 bits per heavy atom. The van der Waals surface area contributed by atoms with Gasteiger partial charge < -0.3 is 10.2 Å². The van der Waals surface area contributed by atoms with Gasteiger partial charge in [-0.15, -0.1) is 0 Å². The smallest absolute Gasteiger partial charge is 0.291 e. The first-order chi connectivity index (χ1) is 13.3. The molecule has 1 aliphatic heterocycles. The number of allylic oxidation sites excluding steroid dienone is 1. The molecule has 0 radical (unpaired) electrons. The van der Waals surface area contributed by atoms with Gasteiger partial charge in [-0.2, -0.15) is 5.26 Å². The summed E-state index contributed by atoms with van der Waals surface area (Å²) in [6.07, 6.45) is 0. The number of hydrogen-bond acceptors (Lipinski definition) is 9. The molecule has 28 heavy (non-hydrogen) atoms. The van der Waals surface area contributed by atoms with Crippen molar-refractivity contribution >= 4 is 34.0 Å². The van der Waals surface area contributed by atoms with Crippen molar-refractivity contribution in [1.82, 2.24) is 0 Å². The Hall–Kier alpha value is -4.53.